The highest BCUT2D eigenvalue weighted by Crippen LogP contribution is 2.29. The van der Waals surface area contributed by atoms with Crippen molar-refractivity contribution < 1.29 is 22.7 Å². The number of carbonyl (C=O) groups is 1. The molecule has 0 bridgehead atoms. The van der Waals surface area contributed by atoms with Gasteiger partial charge in [0, 0.05) is 5.69 Å². The van der Waals surface area contributed by atoms with Crippen molar-refractivity contribution in [2.24, 2.45) is 0 Å². The molecule has 0 aliphatic carbocycles. The number of rotatable bonds is 7. The largest absolute Gasteiger partial charge is 0.435 e. The molecule has 1 aromatic carbocycles. The Morgan fingerprint density at radius 1 is 1.27 bits per heavy atom. The van der Waals surface area contributed by atoms with E-state index in [-0.39, 0.29) is 16.9 Å². The van der Waals surface area contributed by atoms with Crippen molar-refractivity contribution in [1.29, 1.82) is 0 Å². The third kappa shape index (κ3) is 4.79. The van der Waals surface area contributed by atoms with Gasteiger partial charge >= 0.3 is 6.61 Å². The number of hydrogen-bond donors (Lipinski definition) is 1. The molecule has 0 aliphatic rings. The molecule has 3 aromatic rings. The molecule has 2 heterocycles. The van der Waals surface area contributed by atoms with Crippen LogP contribution in [0, 0.1) is 0 Å². The van der Waals surface area contributed by atoms with Crippen LogP contribution in [-0.2, 0) is 4.79 Å². The first-order chi connectivity index (χ1) is 12.5. The van der Waals surface area contributed by atoms with E-state index in [2.05, 4.69) is 20.3 Å². The lowest BCUT2D eigenvalue weighted by Gasteiger charge is -2.10. The molecule has 1 unspecified atom stereocenters. The fourth-order valence-electron chi connectivity index (χ4n) is 1.93. The van der Waals surface area contributed by atoms with Crippen LogP contribution in [0.1, 0.15) is 6.92 Å². The van der Waals surface area contributed by atoms with E-state index in [4.69, 9.17) is 4.42 Å². The zero-order valence-electron chi connectivity index (χ0n) is 13.4. The maximum atomic E-state index is 12.2. The summed E-state index contributed by atoms with van der Waals surface area (Å²) >= 11 is 2.61. The normalized spacial score (nSPS) is 12.2. The Morgan fingerprint density at radius 3 is 2.69 bits per heavy atom. The van der Waals surface area contributed by atoms with Gasteiger partial charge in [-0.1, -0.05) is 17.8 Å². The number of nitrogens with zero attached hydrogens (tertiary/aromatic N) is 2. The SMILES string of the molecule is CC(Sc1nnc(-c2cccs2)o1)C(=O)Nc1ccc(OC(F)F)cc1. The molecule has 0 saturated heterocycles. The molecule has 10 heteroatoms. The molecule has 1 N–H and O–H groups in total. The summed E-state index contributed by atoms with van der Waals surface area (Å²) in [4.78, 5) is 13.1. The van der Waals surface area contributed by atoms with Crippen LogP contribution in [0.25, 0.3) is 10.8 Å². The highest BCUT2D eigenvalue weighted by atomic mass is 32.2. The summed E-state index contributed by atoms with van der Waals surface area (Å²) in [5, 5.41) is 12.3. The number of anilines is 1. The second-order valence-corrected chi connectivity index (χ2v) is 7.24. The van der Waals surface area contributed by atoms with E-state index < -0.39 is 11.9 Å². The Balaban J connectivity index is 1.56. The van der Waals surface area contributed by atoms with Crippen LogP contribution in [0.3, 0.4) is 0 Å². The van der Waals surface area contributed by atoms with Crippen molar-refractivity contribution >= 4 is 34.7 Å². The average Bonchev–Trinajstić information content (AvgIpc) is 3.27. The number of aromatic nitrogens is 2. The van der Waals surface area contributed by atoms with Gasteiger partial charge in [-0.25, -0.2) is 0 Å². The second kappa shape index (κ2) is 8.28. The van der Waals surface area contributed by atoms with E-state index in [1.54, 1.807) is 6.92 Å². The lowest BCUT2D eigenvalue weighted by molar-refractivity contribution is -0.115. The molecule has 2 aromatic heterocycles. The smallest absolute Gasteiger partial charge is 0.387 e. The number of carbonyl (C=O) groups excluding carboxylic acids is 1. The fraction of sp³-hybridized carbons (Fsp3) is 0.188. The van der Waals surface area contributed by atoms with Gasteiger partial charge in [0.15, 0.2) is 0 Å². The molecule has 1 atom stereocenters. The molecule has 0 saturated carbocycles. The number of ether oxygens (including phenoxy) is 1. The first-order valence-corrected chi connectivity index (χ1v) is 9.17. The van der Waals surface area contributed by atoms with Gasteiger partial charge in [0.05, 0.1) is 10.1 Å². The Hall–Kier alpha value is -2.46. The van der Waals surface area contributed by atoms with E-state index in [0.29, 0.717) is 11.6 Å². The van der Waals surface area contributed by atoms with Crippen molar-refractivity contribution in [3.63, 3.8) is 0 Å². The third-order valence-corrected chi connectivity index (χ3v) is 4.92. The summed E-state index contributed by atoms with van der Waals surface area (Å²) < 4.78 is 34.0. The minimum Gasteiger partial charge on any atom is -0.435 e. The van der Waals surface area contributed by atoms with Gasteiger partial charge in [0.25, 0.3) is 11.1 Å². The van der Waals surface area contributed by atoms with E-state index >= 15 is 0 Å². The van der Waals surface area contributed by atoms with Gasteiger partial charge in [0.2, 0.25) is 5.91 Å². The molecular weight excluding hydrogens is 384 g/mol. The number of hydrogen-bond acceptors (Lipinski definition) is 7. The van der Waals surface area contributed by atoms with Gasteiger partial charge < -0.3 is 14.5 Å². The molecule has 136 valence electrons. The van der Waals surface area contributed by atoms with E-state index in [0.717, 1.165) is 16.6 Å². The molecule has 6 nitrogen and oxygen atoms in total. The van der Waals surface area contributed by atoms with Crippen molar-refractivity contribution in [3.05, 3.63) is 41.8 Å². The summed E-state index contributed by atoms with van der Waals surface area (Å²) in [5.74, 6) is 0.144. The van der Waals surface area contributed by atoms with Gasteiger partial charge in [-0.15, -0.1) is 21.5 Å². The van der Waals surface area contributed by atoms with Crippen molar-refractivity contribution in [2.45, 2.75) is 24.0 Å². The minimum atomic E-state index is -2.89. The van der Waals surface area contributed by atoms with Crippen molar-refractivity contribution in [3.8, 4) is 16.5 Å². The van der Waals surface area contributed by atoms with Crippen molar-refractivity contribution in [2.75, 3.05) is 5.32 Å². The number of nitrogens with one attached hydrogen (secondary N) is 1. The van der Waals surface area contributed by atoms with Crippen LogP contribution >= 0.6 is 23.1 Å². The summed E-state index contributed by atoms with van der Waals surface area (Å²) in [7, 11) is 0. The first kappa shape index (κ1) is 18.3. The third-order valence-electron chi connectivity index (χ3n) is 3.13. The van der Waals surface area contributed by atoms with Crippen LogP contribution in [0.2, 0.25) is 0 Å². The van der Waals surface area contributed by atoms with Gasteiger partial charge in [-0.05, 0) is 42.6 Å². The van der Waals surface area contributed by atoms with Gasteiger partial charge in [-0.3, -0.25) is 4.79 Å². The Labute approximate surface area is 155 Å². The Kier molecular flexibility index (Phi) is 5.84. The Morgan fingerprint density at radius 2 is 2.04 bits per heavy atom. The lowest BCUT2D eigenvalue weighted by Crippen LogP contribution is -2.22. The van der Waals surface area contributed by atoms with Crippen LogP contribution in [-0.4, -0.2) is 28.0 Å². The number of alkyl halides is 2. The lowest BCUT2D eigenvalue weighted by atomic mass is 10.3. The maximum Gasteiger partial charge on any atom is 0.387 e. The quantitative estimate of drug-likeness (QED) is 0.591. The predicted molar refractivity (Wildman–Crippen MR) is 94.6 cm³/mol. The van der Waals surface area contributed by atoms with Crippen LogP contribution in [0.15, 0.2) is 51.4 Å². The number of thiophene rings is 1. The van der Waals surface area contributed by atoms with E-state index in [1.165, 1.54) is 35.6 Å². The second-order valence-electron chi connectivity index (χ2n) is 5.00. The van der Waals surface area contributed by atoms with Crippen LogP contribution in [0.4, 0.5) is 14.5 Å². The highest BCUT2D eigenvalue weighted by Gasteiger charge is 2.19. The summed E-state index contributed by atoms with van der Waals surface area (Å²) in [6.45, 7) is -1.19. The topological polar surface area (TPSA) is 77.2 Å². The highest BCUT2D eigenvalue weighted by molar-refractivity contribution is 8.00. The monoisotopic (exact) mass is 397 g/mol. The number of benzene rings is 1. The molecule has 3 rings (SSSR count). The summed E-state index contributed by atoms with van der Waals surface area (Å²) in [5.41, 5.74) is 0.467. The van der Waals surface area contributed by atoms with E-state index in [1.807, 2.05) is 17.5 Å². The van der Waals surface area contributed by atoms with Gasteiger partial charge in [-0.2, -0.15) is 8.78 Å². The first-order valence-electron chi connectivity index (χ1n) is 7.41. The molecule has 0 radical (unpaired) electrons. The van der Waals surface area contributed by atoms with Crippen LogP contribution in [0.5, 0.6) is 5.75 Å². The molecule has 26 heavy (non-hydrogen) atoms. The number of halogens is 2. The molecule has 1 amide bonds. The fourth-order valence-corrected chi connectivity index (χ4v) is 3.25. The number of thioether (sulfide) groups is 1. The summed E-state index contributed by atoms with van der Waals surface area (Å²) in [6.07, 6.45) is 0. The zero-order valence-corrected chi connectivity index (χ0v) is 15.0. The van der Waals surface area contributed by atoms with Crippen molar-refractivity contribution in [1.82, 2.24) is 10.2 Å². The zero-order chi connectivity index (χ0) is 18.5. The molecule has 0 fully saturated rings. The standard InChI is InChI=1S/C16H13F2N3O3S2/c1-9(26-16-21-20-14(24-16)12-3-2-8-25-12)13(22)19-10-4-6-11(7-5-10)23-15(17)18/h2-9,15H,1H3,(H,19,22). The average molecular weight is 397 g/mol. The van der Waals surface area contributed by atoms with Crippen LogP contribution < -0.4 is 10.1 Å². The maximum absolute atomic E-state index is 12.2. The predicted octanol–water partition coefficient (Wildman–Crippen LogP) is 4.52. The summed E-state index contributed by atoms with van der Waals surface area (Å²) in [6, 6.07) is 9.41. The molecule has 0 aliphatic heterocycles. The van der Waals surface area contributed by atoms with Gasteiger partial charge in [0.1, 0.15) is 5.75 Å². The molecule has 0 spiro atoms. The molecular formula is C16H13F2N3O3S2. The van der Waals surface area contributed by atoms with E-state index in [9.17, 15) is 13.6 Å². The minimum absolute atomic E-state index is 0.0207. The number of amides is 1. The Bertz CT molecular complexity index is 854.